The van der Waals surface area contributed by atoms with Crippen molar-refractivity contribution >= 4 is 0 Å². The van der Waals surface area contributed by atoms with Gasteiger partial charge in [0, 0.05) is 0 Å². The fraction of sp³-hybridized carbons (Fsp3) is 1.00. The van der Waals surface area contributed by atoms with E-state index < -0.39 is 36.6 Å². The van der Waals surface area contributed by atoms with Crippen LogP contribution in [0.4, 0.5) is 13.2 Å². The summed E-state index contributed by atoms with van der Waals surface area (Å²) in [6.45, 7) is 2.07. The molecule has 0 radical (unpaired) electrons. The van der Waals surface area contributed by atoms with Gasteiger partial charge in [0.25, 0.3) is 0 Å². The summed E-state index contributed by atoms with van der Waals surface area (Å²) in [4.78, 5) is 0. The summed E-state index contributed by atoms with van der Waals surface area (Å²) in [5.41, 5.74) is -2.98. The molecule has 88 valence electrons. The molecule has 0 amide bonds. The second-order valence-electron chi connectivity index (χ2n) is 4.16. The standard InChI is InChI=1S/C8H11F3O4/c1-6(2)14-4-5(15-6)13-3-7(4,12)8(9,10)11/h4-5,12H,3H2,1-2H3. The van der Waals surface area contributed by atoms with Crippen molar-refractivity contribution in [2.45, 2.75) is 43.8 Å². The zero-order chi connectivity index (χ0) is 11.5. The van der Waals surface area contributed by atoms with Crippen molar-refractivity contribution < 1.29 is 32.5 Å². The first-order valence-electron chi connectivity index (χ1n) is 4.42. The minimum absolute atomic E-state index is 0.859. The highest BCUT2D eigenvalue weighted by molar-refractivity contribution is 5.03. The highest BCUT2D eigenvalue weighted by Crippen LogP contribution is 2.46. The molecule has 3 unspecified atom stereocenters. The topological polar surface area (TPSA) is 47.9 Å². The molecule has 2 saturated heterocycles. The molecular formula is C8H11F3O4. The molecule has 1 N–H and O–H groups in total. The monoisotopic (exact) mass is 228 g/mol. The quantitative estimate of drug-likeness (QED) is 0.665. The molecule has 2 rings (SSSR count). The maximum atomic E-state index is 12.6. The van der Waals surface area contributed by atoms with Crippen LogP contribution in [0.5, 0.6) is 0 Å². The van der Waals surface area contributed by atoms with Crippen molar-refractivity contribution in [2.24, 2.45) is 0 Å². The Hall–Kier alpha value is -0.370. The molecule has 0 aliphatic carbocycles. The number of rotatable bonds is 0. The first-order valence-corrected chi connectivity index (χ1v) is 4.42. The van der Waals surface area contributed by atoms with E-state index in [0.29, 0.717) is 0 Å². The van der Waals surface area contributed by atoms with Crippen LogP contribution in [0.1, 0.15) is 13.8 Å². The molecule has 0 spiro atoms. The van der Waals surface area contributed by atoms with Crippen LogP contribution in [-0.4, -0.2) is 41.7 Å². The lowest BCUT2D eigenvalue weighted by atomic mass is 9.99. The van der Waals surface area contributed by atoms with Gasteiger partial charge in [-0.05, 0) is 13.8 Å². The number of fused-ring (bicyclic) bond motifs is 1. The Morgan fingerprint density at radius 2 is 1.87 bits per heavy atom. The van der Waals surface area contributed by atoms with Gasteiger partial charge in [-0.15, -0.1) is 0 Å². The Kier molecular flexibility index (Phi) is 2.11. The minimum Gasteiger partial charge on any atom is -0.377 e. The van der Waals surface area contributed by atoms with E-state index in [1.54, 1.807) is 0 Å². The van der Waals surface area contributed by atoms with Gasteiger partial charge < -0.3 is 19.3 Å². The molecule has 0 bridgehead atoms. The van der Waals surface area contributed by atoms with Crippen molar-refractivity contribution in [2.75, 3.05) is 6.61 Å². The third-order valence-corrected chi connectivity index (χ3v) is 2.49. The van der Waals surface area contributed by atoms with E-state index >= 15 is 0 Å². The number of aliphatic hydroxyl groups is 1. The summed E-state index contributed by atoms with van der Waals surface area (Å²) in [6.07, 6.45) is -7.48. The summed E-state index contributed by atoms with van der Waals surface area (Å²) >= 11 is 0. The van der Waals surface area contributed by atoms with Crippen LogP contribution in [0.3, 0.4) is 0 Å². The van der Waals surface area contributed by atoms with Crippen LogP contribution >= 0.6 is 0 Å². The molecule has 0 aromatic rings. The Balaban J connectivity index is 2.26. The summed E-state index contributed by atoms with van der Waals surface area (Å²) in [5.74, 6) is -1.17. The largest absolute Gasteiger partial charge is 0.422 e. The SMILES string of the molecule is CC1(C)OC2OCC(O)(C(F)(F)F)C2O1. The number of hydrogen-bond acceptors (Lipinski definition) is 4. The highest BCUT2D eigenvalue weighted by atomic mass is 19.4. The molecule has 0 aromatic heterocycles. The Bertz CT molecular complexity index is 278. The Labute approximate surface area is 83.9 Å². The van der Waals surface area contributed by atoms with Crippen molar-refractivity contribution in [3.05, 3.63) is 0 Å². The third-order valence-electron chi connectivity index (χ3n) is 2.49. The molecule has 4 nitrogen and oxygen atoms in total. The van der Waals surface area contributed by atoms with Gasteiger partial charge >= 0.3 is 6.18 Å². The third kappa shape index (κ3) is 1.54. The number of alkyl halides is 3. The predicted octanol–water partition coefficient (Wildman–Crippen LogP) is 0.788. The van der Waals surface area contributed by atoms with Gasteiger partial charge in [0.15, 0.2) is 18.2 Å². The molecule has 3 atom stereocenters. The zero-order valence-corrected chi connectivity index (χ0v) is 8.17. The lowest BCUT2D eigenvalue weighted by Crippen LogP contribution is -2.55. The Morgan fingerprint density at radius 1 is 1.27 bits per heavy atom. The fourth-order valence-electron chi connectivity index (χ4n) is 1.71. The lowest BCUT2D eigenvalue weighted by Gasteiger charge is -2.29. The van der Waals surface area contributed by atoms with E-state index in [2.05, 4.69) is 0 Å². The number of halogens is 3. The van der Waals surface area contributed by atoms with Gasteiger partial charge in [-0.2, -0.15) is 13.2 Å². The first-order chi connectivity index (χ1) is 6.66. The maximum Gasteiger partial charge on any atom is 0.422 e. The number of ether oxygens (including phenoxy) is 3. The molecular weight excluding hydrogens is 217 g/mol. The maximum absolute atomic E-state index is 12.6. The van der Waals surface area contributed by atoms with E-state index in [1.807, 2.05) is 0 Å². The lowest BCUT2D eigenvalue weighted by molar-refractivity contribution is -0.297. The smallest absolute Gasteiger partial charge is 0.377 e. The van der Waals surface area contributed by atoms with Crippen molar-refractivity contribution in [3.8, 4) is 0 Å². The van der Waals surface area contributed by atoms with Crippen molar-refractivity contribution in [1.29, 1.82) is 0 Å². The molecule has 2 fully saturated rings. The van der Waals surface area contributed by atoms with Crippen LogP contribution in [0.25, 0.3) is 0 Å². The summed E-state index contributed by atoms with van der Waals surface area (Å²) in [7, 11) is 0. The van der Waals surface area contributed by atoms with Crippen LogP contribution in [0.15, 0.2) is 0 Å². The van der Waals surface area contributed by atoms with E-state index in [4.69, 9.17) is 14.2 Å². The van der Waals surface area contributed by atoms with Crippen LogP contribution < -0.4 is 0 Å². The van der Waals surface area contributed by atoms with Crippen molar-refractivity contribution in [3.63, 3.8) is 0 Å². The second kappa shape index (κ2) is 2.85. The van der Waals surface area contributed by atoms with Gasteiger partial charge in [0.1, 0.15) is 0 Å². The molecule has 15 heavy (non-hydrogen) atoms. The van der Waals surface area contributed by atoms with Crippen LogP contribution in [0.2, 0.25) is 0 Å². The van der Waals surface area contributed by atoms with Gasteiger partial charge in [-0.25, -0.2) is 0 Å². The summed E-state index contributed by atoms with van der Waals surface area (Å²) in [5, 5.41) is 9.48. The highest BCUT2D eigenvalue weighted by Gasteiger charge is 2.69. The van der Waals surface area contributed by atoms with Gasteiger partial charge in [0.05, 0.1) is 6.61 Å². The normalized spacial score (nSPS) is 44.4. The average Bonchev–Trinajstić information content (AvgIpc) is 2.47. The Morgan fingerprint density at radius 3 is 2.40 bits per heavy atom. The van der Waals surface area contributed by atoms with Crippen LogP contribution in [-0.2, 0) is 14.2 Å². The van der Waals surface area contributed by atoms with Gasteiger partial charge in [0.2, 0.25) is 5.60 Å². The number of hydrogen-bond donors (Lipinski definition) is 1. The average molecular weight is 228 g/mol. The minimum atomic E-state index is -4.80. The second-order valence-corrected chi connectivity index (χ2v) is 4.16. The summed E-state index contributed by atoms with van der Waals surface area (Å²) < 4.78 is 52.5. The first kappa shape index (κ1) is 11.1. The molecule has 0 aromatic carbocycles. The van der Waals surface area contributed by atoms with Gasteiger partial charge in [-0.1, -0.05) is 0 Å². The molecule has 0 saturated carbocycles. The zero-order valence-electron chi connectivity index (χ0n) is 8.17. The van der Waals surface area contributed by atoms with E-state index in [-0.39, 0.29) is 0 Å². The van der Waals surface area contributed by atoms with Crippen molar-refractivity contribution in [1.82, 2.24) is 0 Å². The van der Waals surface area contributed by atoms with Crippen LogP contribution in [0, 0.1) is 0 Å². The molecule has 7 heteroatoms. The molecule has 2 aliphatic heterocycles. The summed E-state index contributed by atoms with van der Waals surface area (Å²) in [6, 6.07) is 0. The molecule has 2 heterocycles. The predicted molar refractivity (Wildman–Crippen MR) is 40.8 cm³/mol. The van der Waals surface area contributed by atoms with E-state index in [1.165, 1.54) is 13.8 Å². The van der Waals surface area contributed by atoms with E-state index in [9.17, 15) is 18.3 Å². The fourth-order valence-corrected chi connectivity index (χ4v) is 1.71. The van der Waals surface area contributed by atoms with E-state index in [0.717, 1.165) is 0 Å². The molecule has 2 aliphatic rings. The van der Waals surface area contributed by atoms with Gasteiger partial charge in [-0.3, -0.25) is 0 Å².